The molecule has 0 radical (unpaired) electrons. The summed E-state index contributed by atoms with van der Waals surface area (Å²) < 4.78 is 30.9. The summed E-state index contributed by atoms with van der Waals surface area (Å²) in [7, 11) is 1.61. The Morgan fingerprint density at radius 2 is 2.06 bits per heavy atom. The Kier molecular flexibility index (Phi) is 3.76. The van der Waals surface area contributed by atoms with Crippen LogP contribution in [0.5, 0.6) is 11.5 Å². The van der Waals surface area contributed by atoms with E-state index in [0.717, 1.165) is 5.75 Å². The van der Waals surface area contributed by atoms with Crippen LogP contribution in [-0.2, 0) is 19.7 Å². The fraction of sp³-hybridized carbons (Fsp3) is 0.400. The lowest BCUT2D eigenvalue weighted by Crippen LogP contribution is -2.19. The fourth-order valence-electron chi connectivity index (χ4n) is 1.24. The molecule has 1 fully saturated rings. The molecule has 0 amide bonds. The zero-order chi connectivity index (χ0) is 11.4. The monoisotopic (exact) mass is 244 g/mol. The Balaban J connectivity index is 1.82. The third kappa shape index (κ3) is 2.94. The van der Waals surface area contributed by atoms with E-state index >= 15 is 0 Å². The van der Waals surface area contributed by atoms with E-state index in [9.17, 15) is 4.21 Å². The van der Waals surface area contributed by atoms with Crippen LogP contribution in [0, 0.1) is 0 Å². The first-order valence-electron chi connectivity index (χ1n) is 4.77. The van der Waals surface area contributed by atoms with Gasteiger partial charge in [0.25, 0.3) is 0 Å². The van der Waals surface area contributed by atoms with Crippen molar-refractivity contribution in [3.05, 3.63) is 24.3 Å². The fourth-order valence-corrected chi connectivity index (χ4v) is 1.89. The standard InChI is InChI=1S/C10H12O5S/c1-12-8-2-4-9(5-3-8)13-6-10-7-14-16(11)15-10/h2-5,10H,6-7H2,1H3/t10-,16+/m1/s1. The van der Waals surface area contributed by atoms with Crippen LogP contribution in [0.4, 0.5) is 0 Å². The lowest BCUT2D eigenvalue weighted by molar-refractivity contribution is 0.151. The van der Waals surface area contributed by atoms with E-state index in [1.807, 2.05) is 0 Å². The Labute approximate surface area is 96.1 Å². The van der Waals surface area contributed by atoms with Crippen molar-refractivity contribution in [3.8, 4) is 11.5 Å². The van der Waals surface area contributed by atoms with Crippen LogP contribution < -0.4 is 9.47 Å². The second-order valence-corrected chi connectivity index (χ2v) is 4.03. The SMILES string of the molecule is COc1ccc(OC[C@@H]2CO[S@](=O)O2)cc1. The number of hydrogen-bond acceptors (Lipinski definition) is 5. The zero-order valence-corrected chi connectivity index (χ0v) is 9.57. The van der Waals surface area contributed by atoms with Gasteiger partial charge in [0.05, 0.1) is 13.7 Å². The van der Waals surface area contributed by atoms with Crippen molar-refractivity contribution in [1.29, 1.82) is 0 Å². The summed E-state index contributed by atoms with van der Waals surface area (Å²) in [5.41, 5.74) is 0. The Bertz CT molecular complexity index is 364. The third-order valence-corrected chi connectivity index (χ3v) is 2.82. The smallest absolute Gasteiger partial charge is 0.305 e. The minimum Gasteiger partial charge on any atom is -0.497 e. The predicted octanol–water partition coefficient (Wildman–Crippen LogP) is 1.07. The van der Waals surface area contributed by atoms with Crippen LogP contribution in [0.25, 0.3) is 0 Å². The molecule has 1 aliphatic heterocycles. The average molecular weight is 244 g/mol. The molecule has 1 aliphatic rings. The highest BCUT2D eigenvalue weighted by atomic mass is 32.2. The molecular weight excluding hydrogens is 232 g/mol. The molecule has 1 saturated heterocycles. The van der Waals surface area contributed by atoms with Gasteiger partial charge in [0.15, 0.2) is 0 Å². The number of benzene rings is 1. The maximum atomic E-state index is 10.7. The first-order chi connectivity index (χ1) is 7.78. The number of methoxy groups -OCH3 is 1. The molecule has 1 heterocycles. The summed E-state index contributed by atoms with van der Waals surface area (Å²) in [6, 6.07) is 7.20. The summed E-state index contributed by atoms with van der Waals surface area (Å²) in [5, 5.41) is 0. The van der Waals surface area contributed by atoms with Crippen molar-refractivity contribution in [3.63, 3.8) is 0 Å². The molecule has 0 aromatic heterocycles. The highest BCUT2D eigenvalue weighted by Crippen LogP contribution is 2.18. The van der Waals surface area contributed by atoms with Gasteiger partial charge in [-0.1, -0.05) is 0 Å². The van der Waals surface area contributed by atoms with E-state index in [1.54, 1.807) is 31.4 Å². The van der Waals surface area contributed by atoms with Crippen LogP contribution in [0.1, 0.15) is 0 Å². The van der Waals surface area contributed by atoms with E-state index in [-0.39, 0.29) is 6.10 Å². The number of hydrogen-bond donors (Lipinski definition) is 0. The van der Waals surface area contributed by atoms with Crippen molar-refractivity contribution in [1.82, 2.24) is 0 Å². The van der Waals surface area contributed by atoms with Gasteiger partial charge in [-0.15, -0.1) is 0 Å². The summed E-state index contributed by atoms with van der Waals surface area (Å²) in [6.07, 6.45) is -0.275. The van der Waals surface area contributed by atoms with Gasteiger partial charge in [-0.2, -0.15) is 4.21 Å². The van der Waals surface area contributed by atoms with Crippen molar-refractivity contribution < 1.29 is 22.0 Å². The molecule has 0 N–H and O–H groups in total. The number of ether oxygens (including phenoxy) is 2. The molecular formula is C10H12O5S. The van der Waals surface area contributed by atoms with E-state index in [2.05, 4.69) is 0 Å². The van der Waals surface area contributed by atoms with E-state index in [1.165, 1.54) is 0 Å². The molecule has 2 rings (SSSR count). The molecule has 88 valence electrons. The van der Waals surface area contributed by atoms with Gasteiger partial charge in [-0.3, -0.25) is 8.37 Å². The zero-order valence-electron chi connectivity index (χ0n) is 8.75. The minimum absolute atomic E-state index is 0.275. The molecule has 0 aliphatic carbocycles. The van der Waals surface area contributed by atoms with E-state index < -0.39 is 11.4 Å². The molecule has 16 heavy (non-hydrogen) atoms. The van der Waals surface area contributed by atoms with Crippen molar-refractivity contribution in [2.45, 2.75) is 6.10 Å². The van der Waals surface area contributed by atoms with Crippen LogP contribution >= 0.6 is 0 Å². The van der Waals surface area contributed by atoms with Crippen LogP contribution in [0.2, 0.25) is 0 Å². The topological polar surface area (TPSA) is 54.0 Å². The molecule has 5 nitrogen and oxygen atoms in total. The molecule has 1 aromatic rings. The van der Waals surface area contributed by atoms with Gasteiger partial charge in [-0.25, -0.2) is 0 Å². The third-order valence-electron chi connectivity index (χ3n) is 2.06. The summed E-state index contributed by atoms with van der Waals surface area (Å²) in [5.74, 6) is 1.48. The second kappa shape index (κ2) is 5.29. The average Bonchev–Trinajstić information content (AvgIpc) is 2.73. The molecule has 2 atom stereocenters. The number of rotatable bonds is 4. The highest BCUT2D eigenvalue weighted by Gasteiger charge is 2.23. The summed E-state index contributed by atoms with van der Waals surface area (Å²) >= 11 is -1.62. The molecule has 6 heteroatoms. The van der Waals surface area contributed by atoms with Crippen molar-refractivity contribution >= 4 is 11.4 Å². The van der Waals surface area contributed by atoms with Crippen molar-refractivity contribution in [2.75, 3.05) is 20.3 Å². The van der Waals surface area contributed by atoms with Gasteiger partial charge < -0.3 is 9.47 Å². The van der Waals surface area contributed by atoms with Crippen LogP contribution in [-0.4, -0.2) is 30.6 Å². The summed E-state index contributed by atoms with van der Waals surface area (Å²) in [4.78, 5) is 0. The molecule has 0 bridgehead atoms. The van der Waals surface area contributed by atoms with E-state index in [4.69, 9.17) is 17.8 Å². The largest absolute Gasteiger partial charge is 0.497 e. The maximum absolute atomic E-state index is 10.7. The Hall–Kier alpha value is -1.11. The van der Waals surface area contributed by atoms with Gasteiger partial charge in [-0.05, 0) is 24.3 Å². The molecule has 1 aromatic carbocycles. The normalized spacial score (nSPS) is 24.3. The first kappa shape index (κ1) is 11.4. The lowest BCUT2D eigenvalue weighted by Gasteiger charge is -2.09. The summed E-state index contributed by atoms with van der Waals surface area (Å²) in [6.45, 7) is 0.612. The van der Waals surface area contributed by atoms with Gasteiger partial charge in [0.1, 0.15) is 24.2 Å². The van der Waals surface area contributed by atoms with Crippen LogP contribution in [0.3, 0.4) is 0 Å². The Morgan fingerprint density at radius 3 is 2.62 bits per heavy atom. The van der Waals surface area contributed by atoms with Gasteiger partial charge in [0, 0.05) is 0 Å². The maximum Gasteiger partial charge on any atom is 0.305 e. The quantitative estimate of drug-likeness (QED) is 0.793. The minimum atomic E-state index is -1.62. The predicted molar refractivity (Wildman–Crippen MR) is 57.5 cm³/mol. The molecule has 0 saturated carbocycles. The first-order valence-corrected chi connectivity index (χ1v) is 5.77. The van der Waals surface area contributed by atoms with Crippen molar-refractivity contribution in [2.24, 2.45) is 0 Å². The highest BCUT2D eigenvalue weighted by molar-refractivity contribution is 7.75. The van der Waals surface area contributed by atoms with Gasteiger partial charge >= 0.3 is 11.4 Å². The molecule has 0 spiro atoms. The van der Waals surface area contributed by atoms with E-state index in [0.29, 0.717) is 19.0 Å². The lowest BCUT2D eigenvalue weighted by atomic mass is 10.3. The van der Waals surface area contributed by atoms with Crippen LogP contribution in [0.15, 0.2) is 24.3 Å². The Morgan fingerprint density at radius 1 is 1.38 bits per heavy atom. The molecule has 0 unspecified atom stereocenters. The van der Waals surface area contributed by atoms with Gasteiger partial charge in [0.2, 0.25) is 0 Å². The second-order valence-electron chi connectivity index (χ2n) is 3.19.